The highest BCUT2D eigenvalue weighted by atomic mass is 16.2. The number of likely N-dealkylation sites (N-methyl/N-ethyl adjacent to an activating group) is 1. The number of pyridine rings is 1. The van der Waals surface area contributed by atoms with Crippen LogP contribution in [0.2, 0.25) is 0 Å². The molecule has 0 spiro atoms. The Morgan fingerprint density at radius 3 is 2.64 bits per heavy atom. The summed E-state index contributed by atoms with van der Waals surface area (Å²) in [6.07, 6.45) is 1.60. The van der Waals surface area contributed by atoms with Crippen molar-refractivity contribution in [3.63, 3.8) is 0 Å². The summed E-state index contributed by atoms with van der Waals surface area (Å²) in [5, 5.41) is 7.81. The van der Waals surface area contributed by atoms with E-state index >= 15 is 0 Å². The molecule has 28 heavy (non-hydrogen) atoms. The lowest BCUT2D eigenvalue weighted by molar-refractivity contribution is -0.140. The van der Waals surface area contributed by atoms with E-state index in [4.69, 9.17) is 0 Å². The summed E-state index contributed by atoms with van der Waals surface area (Å²) in [5.74, 6) is -0.440. The normalized spacial score (nSPS) is 25.7. The average molecular weight is 383 g/mol. The van der Waals surface area contributed by atoms with Gasteiger partial charge in [-0.05, 0) is 38.2 Å². The van der Waals surface area contributed by atoms with Crippen LogP contribution >= 0.6 is 0 Å². The number of nitrogens with one attached hydrogen (secondary N) is 1. The number of Topliss-reactive ketones (excluding diaryl/α,β-unsaturated/α-hetero) is 1. The molecule has 2 fully saturated rings. The number of hydrogen-bond acceptors (Lipinski definition) is 5. The van der Waals surface area contributed by atoms with Gasteiger partial charge in [0.25, 0.3) is 0 Å². The van der Waals surface area contributed by atoms with Gasteiger partial charge in [0.2, 0.25) is 11.8 Å². The zero-order valence-corrected chi connectivity index (χ0v) is 16.9. The number of piperidine rings is 1. The second-order valence-electron chi connectivity index (χ2n) is 8.32. The highest BCUT2D eigenvalue weighted by Crippen LogP contribution is 2.59. The number of hydrogen-bond donors (Lipinski definition) is 1. The summed E-state index contributed by atoms with van der Waals surface area (Å²) in [7, 11) is 1.59. The molecule has 2 aliphatic rings. The Bertz CT molecular complexity index is 1030. The van der Waals surface area contributed by atoms with Crippen LogP contribution in [-0.4, -0.2) is 56.4 Å². The van der Waals surface area contributed by atoms with Crippen LogP contribution in [0, 0.1) is 19.3 Å². The van der Waals surface area contributed by atoms with Crippen LogP contribution in [0.3, 0.4) is 0 Å². The van der Waals surface area contributed by atoms with Crippen LogP contribution in [0.4, 0.5) is 0 Å². The molecule has 0 unspecified atom stereocenters. The Morgan fingerprint density at radius 1 is 1.29 bits per heavy atom. The summed E-state index contributed by atoms with van der Waals surface area (Å²) in [6.45, 7) is 7.29. The number of likely N-dealkylation sites (tertiary alicyclic amines) is 1. The molecule has 1 aliphatic carbocycles. The predicted molar refractivity (Wildman–Crippen MR) is 103 cm³/mol. The Morgan fingerprint density at radius 2 is 2.00 bits per heavy atom. The second-order valence-corrected chi connectivity index (χ2v) is 8.32. The van der Waals surface area contributed by atoms with E-state index in [9.17, 15) is 14.4 Å². The molecule has 2 aromatic rings. The average Bonchev–Trinajstić information content (AvgIpc) is 2.98. The van der Waals surface area contributed by atoms with Gasteiger partial charge in [0.15, 0.2) is 5.78 Å². The van der Waals surface area contributed by atoms with E-state index in [-0.39, 0.29) is 35.6 Å². The Kier molecular flexibility index (Phi) is 4.06. The molecule has 1 saturated heterocycles. The first kappa shape index (κ1) is 18.6. The van der Waals surface area contributed by atoms with Gasteiger partial charge in [0, 0.05) is 31.1 Å². The molecule has 2 amide bonds. The van der Waals surface area contributed by atoms with E-state index in [1.54, 1.807) is 16.6 Å². The number of fused-ring (bicyclic) bond motifs is 2. The first-order valence-corrected chi connectivity index (χ1v) is 9.54. The van der Waals surface area contributed by atoms with E-state index in [0.29, 0.717) is 23.0 Å². The van der Waals surface area contributed by atoms with Gasteiger partial charge in [-0.2, -0.15) is 5.10 Å². The molecule has 0 aromatic carbocycles. The molecule has 1 N–H and O–H groups in total. The lowest BCUT2D eigenvalue weighted by Gasteiger charge is -2.26. The Hall–Kier alpha value is -2.77. The van der Waals surface area contributed by atoms with Crippen LogP contribution in [0.15, 0.2) is 6.07 Å². The fourth-order valence-electron chi connectivity index (χ4n) is 4.66. The Labute approximate surface area is 163 Å². The summed E-state index contributed by atoms with van der Waals surface area (Å²) in [5.41, 5.74) is 2.59. The van der Waals surface area contributed by atoms with Gasteiger partial charge < -0.3 is 10.2 Å². The van der Waals surface area contributed by atoms with Gasteiger partial charge in [-0.3, -0.25) is 24.0 Å². The zero-order valence-electron chi connectivity index (χ0n) is 16.9. The highest BCUT2D eigenvalue weighted by molar-refractivity contribution is 6.05. The zero-order chi connectivity index (χ0) is 20.4. The largest absolute Gasteiger partial charge is 0.357 e. The van der Waals surface area contributed by atoms with Crippen molar-refractivity contribution in [3.05, 3.63) is 23.1 Å². The second kappa shape index (κ2) is 6.12. The minimum atomic E-state index is -0.447. The molecule has 1 saturated carbocycles. The van der Waals surface area contributed by atoms with E-state index < -0.39 is 6.04 Å². The molecule has 4 rings (SSSR count). The molecule has 3 atom stereocenters. The van der Waals surface area contributed by atoms with E-state index in [1.165, 1.54) is 6.92 Å². The molecule has 0 bridgehead atoms. The Balaban J connectivity index is 1.71. The molecule has 2 aromatic heterocycles. The maximum absolute atomic E-state index is 13.2. The molecule has 8 heteroatoms. The number of carbonyl (C=O) groups is 3. The van der Waals surface area contributed by atoms with Crippen molar-refractivity contribution in [2.24, 2.45) is 5.41 Å². The lowest BCUT2D eigenvalue weighted by Crippen LogP contribution is -2.48. The fourth-order valence-corrected chi connectivity index (χ4v) is 4.66. The summed E-state index contributed by atoms with van der Waals surface area (Å²) >= 11 is 0. The summed E-state index contributed by atoms with van der Waals surface area (Å²) < 4.78 is 1.56. The van der Waals surface area contributed by atoms with E-state index in [0.717, 1.165) is 17.8 Å². The minimum Gasteiger partial charge on any atom is -0.357 e. The first-order valence-electron chi connectivity index (χ1n) is 9.54. The van der Waals surface area contributed by atoms with Gasteiger partial charge in [-0.25, -0.2) is 0 Å². The van der Waals surface area contributed by atoms with Crippen LogP contribution in [0.5, 0.6) is 0 Å². The number of amides is 2. The molecule has 3 heterocycles. The van der Waals surface area contributed by atoms with Crippen molar-refractivity contribution in [3.8, 4) is 0 Å². The van der Waals surface area contributed by atoms with Gasteiger partial charge in [-0.1, -0.05) is 6.92 Å². The molecule has 148 valence electrons. The number of carbonyl (C=O) groups excluding carboxylic acids is 3. The van der Waals surface area contributed by atoms with Crippen molar-refractivity contribution in [2.75, 3.05) is 7.05 Å². The lowest BCUT2D eigenvalue weighted by atomic mass is 10.0. The predicted octanol–water partition coefficient (Wildman–Crippen LogP) is 1.38. The van der Waals surface area contributed by atoms with Crippen molar-refractivity contribution < 1.29 is 14.4 Å². The summed E-state index contributed by atoms with van der Waals surface area (Å²) in [6, 6.07) is 1.48. The molecular formula is C20H25N5O3. The molecular weight excluding hydrogens is 358 g/mol. The number of nitrogens with zero attached hydrogens (tertiary/aromatic N) is 4. The third-order valence-corrected chi connectivity index (χ3v) is 6.12. The van der Waals surface area contributed by atoms with Gasteiger partial charge in [-0.15, -0.1) is 0 Å². The number of rotatable bonds is 4. The van der Waals surface area contributed by atoms with Crippen LogP contribution in [0.1, 0.15) is 48.6 Å². The standard InChI is InChI=1S/C20H25N5O3/c1-10-6-13-17(12(3)26)23-24(18(13)11(2)22-10)9-16(27)25-14(19(28)21-5)7-20(4)8-15(20)25/h6,14-15H,7-9H2,1-5H3,(H,21,28)/t14-,15+,20-/m0/s1. The van der Waals surface area contributed by atoms with Crippen molar-refractivity contribution >= 4 is 28.5 Å². The van der Waals surface area contributed by atoms with Crippen LogP contribution < -0.4 is 5.32 Å². The van der Waals surface area contributed by atoms with Gasteiger partial charge in [0.05, 0.1) is 11.2 Å². The third kappa shape index (κ3) is 2.70. The highest BCUT2D eigenvalue weighted by Gasteiger charge is 2.64. The monoisotopic (exact) mass is 383 g/mol. The molecule has 1 aliphatic heterocycles. The van der Waals surface area contributed by atoms with Gasteiger partial charge in [0.1, 0.15) is 18.3 Å². The fraction of sp³-hybridized carbons (Fsp3) is 0.550. The van der Waals surface area contributed by atoms with E-state index in [2.05, 4.69) is 22.3 Å². The third-order valence-electron chi connectivity index (χ3n) is 6.12. The van der Waals surface area contributed by atoms with E-state index in [1.807, 2.05) is 19.9 Å². The topological polar surface area (TPSA) is 97.2 Å². The number of ketones is 1. The quantitative estimate of drug-likeness (QED) is 0.805. The van der Waals surface area contributed by atoms with Crippen LogP contribution in [-0.2, 0) is 16.1 Å². The summed E-state index contributed by atoms with van der Waals surface area (Å²) in [4.78, 5) is 43.8. The van der Waals surface area contributed by atoms with Gasteiger partial charge >= 0.3 is 0 Å². The van der Waals surface area contributed by atoms with Crippen LogP contribution in [0.25, 0.3) is 10.9 Å². The first-order chi connectivity index (χ1) is 13.2. The van der Waals surface area contributed by atoms with Crippen molar-refractivity contribution in [1.82, 2.24) is 25.0 Å². The molecule has 8 nitrogen and oxygen atoms in total. The maximum atomic E-state index is 13.2. The maximum Gasteiger partial charge on any atom is 0.245 e. The number of aromatic nitrogens is 3. The van der Waals surface area contributed by atoms with Crippen molar-refractivity contribution in [1.29, 1.82) is 0 Å². The molecule has 0 radical (unpaired) electrons. The minimum absolute atomic E-state index is 0.0184. The van der Waals surface area contributed by atoms with Crippen molar-refractivity contribution in [2.45, 2.75) is 59.2 Å². The SMILES string of the molecule is CNC(=O)[C@@H]1C[C@@]2(C)C[C@H]2N1C(=O)Cn1nc(C(C)=O)c2cc(C)nc(C)c21. The number of aryl methyl sites for hydroxylation is 2. The smallest absolute Gasteiger partial charge is 0.245 e.